The van der Waals surface area contributed by atoms with Crippen molar-refractivity contribution in [2.75, 3.05) is 6.61 Å². The highest BCUT2D eigenvalue weighted by Gasteiger charge is 2.05. The molecule has 0 aliphatic rings. The van der Waals surface area contributed by atoms with E-state index in [9.17, 15) is 0 Å². The highest BCUT2D eigenvalue weighted by Crippen LogP contribution is 2.24. The number of benzene rings is 1. The second-order valence-corrected chi connectivity index (χ2v) is 5.53. The van der Waals surface area contributed by atoms with Crippen molar-refractivity contribution in [3.05, 3.63) is 45.6 Å². The summed E-state index contributed by atoms with van der Waals surface area (Å²) < 4.78 is 11.2. The molecule has 102 valence electrons. The third-order valence-electron chi connectivity index (χ3n) is 2.80. The molecule has 0 aliphatic heterocycles. The molecule has 0 radical (unpaired) electrons. The fourth-order valence-corrected chi connectivity index (χ4v) is 2.72. The van der Waals surface area contributed by atoms with E-state index in [-0.39, 0.29) is 0 Å². The van der Waals surface area contributed by atoms with Gasteiger partial charge in [0.25, 0.3) is 0 Å². The summed E-state index contributed by atoms with van der Waals surface area (Å²) in [5.41, 5.74) is 6.85. The van der Waals surface area contributed by atoms with Gasteiger partial charge >= 0.3 is 0 Å². The maximum Gasteiger partial charge on any atom is 0.120 e. The van der Waals surface area contributed by atoms with Crippen molar-refractivity contribution in [1.82, 2.24) is 0 Å². The Hall–Kier alpha value is -1.52. The van der Waals surface area contributed by atoms with E-state index in [1.807, 2.05) is 31.2 Å². The summed E-state index contributed by atoms with van der Waals surface area (Å²) in [6.45, 7) is 5.92. The van der Waals surface area contributed by atoms with Crippen LogP contribution in [-0.2, 0) is 13.2 Å². The first-order valence-electron chi connectivity index (χ1n) is 6.37. The van der Waals surface area contributed by atoms with Gasteiger partial charge in [-0.05, 0) is 44.2 Å². The molecule has 0 aliphatic carbocycles. The highest BCUT2D eigenvalue weighted by molar-refractivity contribution is 7.12. The second-order valence-electron chi connectivity index (χ2n) is 4.19. The van der Waals surface area contributed by atoms with E-state index in [0.717, 1.165) is 11.5 Å². The minimum absolute atomic E-state index is 0.580. The summed E-state index contributed by atoms with van der Waals surface area (Å²) in [5.74, 6) is 1.72. The first-order chi connectivity index (χ1) is 9.22. The zero-order valence-electron chi connectivity index (χ0n) is 11.3. The molecule has 2 aromatic rings. The van der Waals surface area contributed by atoms with Crippen LogP contribution in [0.4, 0.5) is 0 Å². The Bertz CT molecular complexity index is 519. The maximum atomic E-state index is 5.77. The van der Waals surface area contributed by atoms with Gasteiger partial charge in [0, 0.05) is 21.9 Å². The fraction of sp³-hybridized carbons (Fsp3) is 0.333. The molecule has 0 atom stereocenters. The summed E-state index contributed by atoms with van der Waals surface area (Å²) in [4.78, 5) is 2.47. The van der Waals surface area contributed by atoms with Gasteiger partial charge in [0.2, 0.25) is 0 Å². The number of hydrogen-bond acceptors (Lipinski definition) is 4. The molecule has 2 N–H and O–H groups in total. The molecular formula is C15H19NO2S. The van der Waals surface area contributed by atoms with Gasteiger partial charge in [0.05, 0.1) is 6.61 Å². The van der Waals surface area contributed by atoms with Crippen molar-refractivity contribution in [3.8, 4) is 11.5 Å². The molecule has 4 heteroatoms. The van der Waals surface area contributed by atoms with Crippen LogP contribution >= 0.6 is 11.3 Å². The molecule has 0 saturated heterocycles. The van der Waals surface area contributed by atoms with Crippen LogP contribution in [0.5, 0.6) is 11.5 Å². The standard InChI is InChI=1S/C15H19NO2S/c1-3-17-13-4-6-14(7-5-13)18-10-12-8-15(9-16)19-11(12)2/h4-8H,3,9-10,16H2,1-2H3. The zero-order valence-corrected chi connectivity index (χ0v) is 12.1. The Morgan fingerprint density at radius 1 is 1.11 bits per heavy atom. The Labute approximate surface area is 118 Å². The van der Waals surface area contributed by atoms with E-state index < -0.39 is 0 Å². The summed E-state index contributed by atoms with van der Waals surface area (Å²) in [6.07, 6.45) is 0. The number of aryl methyl sites for hydroxylation is 1. The largest absolute Gasteiger partial charge is 0.494 e. The van der Waals surface area contributed by atoms with Crippen molar-refractivity contribution in [2.24, 2.45) is 5.73 Å². The Balaban J connectivity index is 1.95. The Morgan fingerprint density at radius 2 is 1.74 bits per heavy atom. The van der Waals surface area contributed by atoms with Gasteiger partial charge in [-0.25, -0.2) is 0 Å². The van der Waals surface area contributed by atoms with Crippen LogP contribution in [0, 0.1) is 6.92 Å². The molecule has 1 aromatic heterocycles. The third kappa shape index (κ3) is 3.72. The summed E-state index contributed by atoms with van der Waals surface area (Å²) >= 11 is 1.73. The molecule has 0 unspecified atom stereocenters. The Morgan fingerprint density at radius 3 is 2.26 bits per heavy atom. The smallest absolute Gasteiger partial charge is 0.120 e. The number of rotatable bonds is 6. The average Bonchev–Trinajstić information content (AvgIpc) is 2.79. The van der Waals surface area contributed by atoms with Crippen LogP contribution in [0.2, 0.25) is 0 Å². The van der Waals surface area contributed by atoms with E-state index in [1.165, 1.54) is 15.3 Å². The van der Waals surface area contributed by atoms with Crippen LogP contribution in [-0.4, -0.2) is 6.61 Å². The average molecular weight is 277 g/mol. The first kappa shape index (κ1) is 13.9. The number of hydrogen-bond donors (Lipinski definition) is 1. The minimum atomic E-state index is 0.580. The van der Waals surface area contributed by atoms with Crippen molar-refractivity contribution in [2.45, 2.75) is 27.0 Å². The van der Waals surface area contributed by atoms with Gasteiger partial charge in [-0.3, -0.25) is 0 Å². The molecule has 0 saturated carbocycles. The zero-order chi connectivity index (χ0) is 13.7. The fourth-order valence-electron chi connectivity index (χ4n) is 1.79. The predicted molar refractivity (Wildman–Crippen MR) is 78.9 cm³/mol. The lowest BCUT2D eigenvalue weighted by Gasteiger charge is -2.07. The van der Waals surface area contributed by atoms with Gasteiger partial charge in [-0.1, -0.05) is 0 Å². The van der Waals surface area contributed by atoms with Gasteiger partial charge in [0.15, 0.2) is 0 Å². The van der Waals surface area contributed by atoms with Crippen LogP contribution in [0.3, 0.4) is 0 Å². The molecule has 1 heterocycles. The van der Waals surface area contributed by atoms with Gasteiger partial charge < -0.3 is 15.2 Å². The molecule has 0 bridgehead atoms. The summed E-state index contributed by atoms with van der Waals surface area (Å²) in [7, 11) is 0. The molecule has 0 amide bonds. The first-order valence-corrected chi connectivity index (χ1v) is 7.18. The van der Waals surface area contributed by atoms with Crippen molar-refractivity contribution in [1.29, 1.82) is 0 Å². The molecular weight excluding hydrogens is 258 g/mol. The van der Waals surface area contributed by atoms with Gasteiger partial charge in [0.1, 0.15) is 18.1 Å². The monoisotopic (exact) mass is 277 g/mol. The lowest BCUT2D eigenvalue weighted by Crippen LogP contribution is -1.96. The lowest BCUT2D eigenvalue weighted by atomic mass is 10.2. The molecule has 19 heavy (non-hydrogen) atoms. The van der Waals surface area contributed by atoms with E-state index >= 15 is 0 Å². The molecule has 0 spiro atoms. The van der Waals surface area contributed by atoms with E-state index in [2.05, 4.69) is 13.0 Å². The van der Waals surface area contributed by atoms with Gasteiger partial charge in [-0.15, -0.1) is 11.3 Å². The molecule has 0 fully saturated rings. The predicted octanol–water partition coefficient (Wildman–Crippen LogP) is 3.49. The summed E-state index contributed by atoms with van der Waals surface area (Å²) in [5, 5.41) is 0. The van der Waals surface area contributed by atoms with E-state index in [4.69, 9.17) is 15.2 Å². The summed E-state index contributed by atoms with van der Waals surface area (Å²) in [6, 6.07) is 9.82. The van der Waals surface area contributed by atoms with Crippen molar-refractivity contribution < 1.29 is 9.47 Å². The lowest BCUT2D eigenvalue weighted by molar-refractivity contribution is 0.303. The highest BCUT2D eigenvalue weighted by atomic mass is 32.1. The number of thiophene rings is 1. The van der Waals surface area contributed by atoms with Crippen molar-refractivity contribution >= 4 is 11.3 Å². The van der Waals surface area contributed by atoms with Crippen LogP contribution in [0.25, 0.3) is 0 Å². The topological polar surface area (TPSA) is 44.5 Å². The normalized spacial score (nSPS) is 10.5. The molecule has 2 rings (SSSR count). The van der Waals surface area contributed by atoms with Crippen LogP contribution < -0.4 is 15.2 Å². The molecule has 3 nitrogen and oxygen atoms in total. The van der Waals surface area contributed by atoms with Gasteiger partial charge in [-0.2, -0.15) is 0 Å². The van der Waals surface area contributed by atoms with Crippen LogP contribution in [0.15, 0.2) is 30.3 Å². The number of nitrogens with two attached hydrogens (primary N) is 1. The Kier molecular flexibility index (Phi) is 4.82. The van der Waals surface area contributed by atoms with E-state index in [1.54, 1.807) is 11.3 Å². The minimum Gasteiger partial charge on any atom is -0.494 e. The van der Waals surface area contributed by atoms with Crippen molar-refractivity contribution in [3.63, 3.8) is 0 Å². The van der Waals surface area contributed by atoms with Crippen LogP contribution in [0.1, 0.15) is 22.2 Å². The molecule has 1 aromatic carbocycles. The third-order valence-corrected chi connectivity index (χ3v) is 3.92. The second kappa shape index (κ2) is 6.59. The quantitative estimate of drug-likeness (QED) is 0.879. The van der Waals surface area contributed by atoms with E-state index in [0.29, 0.717) is 19.8 Å². The SMILES string of the molecule is CCOc1ccc(OCc2cc(CN)sc2C)cc1. The maximum absolute atomic E-state index is 5.77. The number of ether oxygens (including phenoxy) is 2.